The third-order valence-electron chi connectivity index (χ3n) is 6.87. The molecule has 1 aliphatic carbocycles. The maximum absolute atomic E-state index is 11.4. The zero-order valence-corrected chi connectivity index (χ0v) is 17.7. The number of fused-ring (bicyclic) bond motifs is 4. The molecule has 0 heterocycles. The predicted molar refractivity (Wildman–Crippen MR) is 126 cm³/mol. The smallest absolute Gasteiger partial charge is 0.105 e. The van der Waals surface area contributed by atoms with E-state index in [2.05, 4.69) is 92.7 Å². The Labute approximate surface area is 179 Å². The van der Waals surface area contributed by atoms with Crippen molar-refractivity contribution in [2.75, 3.05) is 0 Å². The first-order valence-electron chi connectivity index (χ1n) is 11.1. The van der Waals surface area contributed by atoms with Crippen molar-refractivity contribution in [1.82, 2.24) is 0 Å². The molecule has 1 aliphatic rings. The highest BCUT2D eigenvalue weighted by atomic mass is 16.3. The van der Waals surface area contributed by atoms with Gasteiger partial charge in [0.2, 0.25) is 0 Å². The molecule has 1 nitrogen and oxygen atoms in total. The second-order valence-electron chi connectivity index (χ2n) is 8.57. The molecule has 30 heavy (non-hydrogen) atoms. The van der Waals surface area contributed by atoms with E-state index in [1.165, 1.54) is 39.6 Å². The standard InChI is InChI=1S/C29H28O/c1-3-20-13-14-21-8-4-5-10-24(21)28-18-22(15-17-25(20)28)29(30)27-16-12-19(2)23-9-6-7-11-26(23)27/h4-12,15-18,20,29-30H,3,13-14H2,1-2H3. The lowest BCUT2D eigenvalue weighted by Crippen LogP contribution is -2.04. The van der Waals surface area contributed by atoms with Crippen molar-refractivity contribution in [3.63, 3.8) is 0 Å². The SMILES string of the molecule is CCC1CCc2ccccc2-c2cc(C(O)c3ccc(C)c4ccccc34)ccc21. The quantitative estimate of drug-likeness (QED) is 0.387. The Morgan fingerprint density at radius 2 is 1.63 bits per heavy atom. The summed E-state index contributed by atoms with van der Waals surface area (Å²) in [6.07, 6.45) is 2.80. The molecular weight excluding hydrogens is 364 g/mol. The van der Waals surface area contributed by atoms with Crippen molar-refractivity contribution in [2.45, 2.75) is 45.1 Å². The van der Waals surface area contributed by atoms with Gasteiger partial charge in [-0.2, -0.15) is 0 Å². The molecule has 0 saturated heterocycles. The summed E-state index contributed by atoms with van der Waals surface area (Å²) in [5.41, 5.74) is 8.64. The van der Waals surface area contributed by atoms with Crippen LogP contribution in [-0.4, -0.2) is 5.11 Å². The average molecular weight is 393 g/mol. The number of rotatable bonds is 3. The topological polar surface area (TPSA) is 20.2 Å². The summed E-state index contributed by atoms with van der Waals surface area (Å²) in [5.74, 6) is 0.568. The van der Waals surface area contributed by atoms with E-state index in [1.807, 2.05) is 0 Å². The number of aliphatic hydroxyl groups is 1. The minimum Gasteiger partial charge on any atom is -0.384 e. The Bertz CT molecular complexity index is 1220. The summed E-state index contributed by atoms with van der Waals surface area (Å²) in [6.45, 7) is 4.41. The molecule has 0 amide bonds. The van der Waals surface area contributed by atoms with Gasteiger partial charge in [0.25, 0.3) is 0 Å². The molecule has 0 aliphatic heterocycles. The van der Waals surface area contributed by atoms with Gasteiger partial charge in [-0.15, -0.1) is 0 Å². The highest BCUT2D eigenvalue weighted by Gasteiger charge is 2.23. The Kier molecular flexibility index (Phi) is 4.92. The van der Waals surface area contributed by atoms with Crippen LogP contribution in [0.1, 0.15) is 59.6 Å². The Hall–Kier alpha value is -2.90. The molecule has 0 aromatic heterocycles. The number of hydrogen-bond acceptors (Lipinski definition) is 1. The van der Waals surface area contributed by atoms with Gasteiger partial charge in [0, 0.05) is 0 Å². The summed E-state index contributed by atoms with van der Waals surface area (Å²) < 4.78 is 0. The third-order valence-corrected chi connectivity index (χ3v) is 6.87. The molecule has 0 fully saturated rings. The molecular formula is C29H28O. The van der Waals surface area contributed by atoms with E-state index >= 15 is 0 Å². The van der Waals surface area contributed by atoms with Crippen molar-refractivity contribution in [1.29, 1.82) is 0 Å². The van der Waals surface area contributed by atoms with Crippen LogP contribution in [0.2, 0.25) is 0 Å². The second kappa shape index (κ2) is 7.74. The zero-order chi connectivity index (χ0) is 20.7. The van der Waals surface area contributed by atoms with Crippen LogP contribution in [0.3, 0.4) is 0 Å². The molecule has 4 aromatic carbocycles. The van der Waals surface area contributed by atoms with Crippen LogP contribution in [0, 0.1) is 6.92 Å². The van der Waals surface area contributed by atoms with Gasteiger partial charge in [-0.05, 0) is 87.9 Å². The maximum atomic E-state index is 11.4. The minimum atomic E-state index is -0.642. The first-order chi connectivity index (χ1) is 14.7. The lowest BCUT2D eigenvalue weighted by atomic mass is 9.86. The highest BCUT2D eigenvalue weighted by molar-refractivity contribution is 5.89. The van der Waals surface area contributed by atoms with Gasteiger partial charge in [0.1, 0.15) is 6.10 Å². The van der Waals surface area contributed by atoms with Gasteiger partial charge < -0.3 is 5.11 Å². The van der Waals surface area contributed by atoms with Crippen molar-refractivity contribution in [2.24, 2.45) is 0 Å². The molecule has 0 saturated carbocycles. The first-order valence-corrected chi connectivity index (χ1v) is 11.1. The van der Waals surface area contributed by atoms with Crippen LogP contribution < -0.4 is 0 Å². The second-order valence-corrected chi connectivity index (χ2v) is 8.57. The van der Waals surface area contributed by atoms with Gasteiger partial charge in [0.15, 0.2) is 0 Å². The van der Waals surface area contributed by atoms with Crippen LogP contribution in [0.15, 0.2) is 78.9 Å². The summed E-state index contributed by atoms with van der Waals surface area (Å²) >= 11 is 0. The van der Waals surface area contributed by atoms with Gasteiger partial charge >= 0.3 is 0 Å². The molecule has 150 valence electrons. The molecule has 2 unspecified atom stereocenters. The van der Waals surface area contributed by atoms with Gasteiger partial charge in [-0.3, -0.25) is 0 Å². The fourth-order valence-corrected chi connectivity index (χ4v) is 5.13. The van der Waals surface area contributed by atoms with E-state index < -0.39 is 6.10 Å². The van der Waals surface area contributed by atoms with Crippen molar-refractivity contribution >= 4 is 10.8 Å². The van der Waals surface area contributed by atoms with Gasteiger partial charge in [0.05, 0.1) is 0 Å². The van der Waals surface area contributed by atoms with Crippen LogP contribution in [0.25, 0.3) is 21.9 Å². The summed E-state index contributed by atoms with van der Waals surface area (Å²) in [6, 6.07) is 28.0. The minimum absolute atomic E-state index is 0.568. The van der Waals surface area contributed by atoms with Gasteiger partial charge in [-0.25, -0.2) is 0 Å². The van der Waals surface area contributed by atoms with E-state index in [9.17, 15) is 5.11 Å². The van der Waals surface area contributed by atoms with Crippen LogP contribution in [-0.2, 0) is 6.42 Å². The van der Waals surface area contributed by atoms with Crippen molar-refractivity contribution < 1.29 is 5.11 Å². The molecule has 0 spiro atoms. The van der Waals surface area contributed by atoms with Crippen LogP contribution in [0.4, 0.5) is 0 Å². The molecule has 0 radical (unpaired) electrons. The van der Waals surface area contributed by atoms with Crippen molar-refractivity contribution in [3.8, 4) is 11.1 Å². The van der Waals surface area contributed by atoms with E-state index in [1.54, 1.807) is 0 Å². The lowest BCUT2D eigenvalue weighted by Gasteiger charge is -2.20. The summed E-state index contributed by atoms with van der Waals surface area (Å²) in [4.78, 5) is 0. The predicted octanol–water partition coefficient (Wildman–Crippen LogP) is 7.34. The monoisotopic (exact) mass is 392 g/mol. The molecule has 4 aromatic rings. The third kappa shape index (κ3) is 3.14. The number of hydrogen-bond donors (Lipinski definition) is 1. The molecule has 5 rings (SSSR count). The van der Waals surface area contributed by atoms with E-state index in [-0.39, 0.29) is 0 Å². The summed E-state index contributed by atoms with van der Waals surface area (Å²) in [5, 5.41) is 13.8. The van der Waals surface area contributed by atoms with E-state index in [0.29, 0.717) is 5.92 Å². The van der Waals surface area contributed by atoms with E-state index in [4.69, 9.17) is 0 Å². The van der Waals surface area contributed by atoms with E-state index in [0.717, 1.165) is 29.4 Å². The molecule has 2 atom stereocenters. The van der Waals surface area contributed by atoms with Crippen LogP contribution in [0.5, 0.6) is 0 Å². The number of aryl methyl sites for hydroxylation is 2. The lowest BCUT2D eigenvalue weighted by molar-refractivity contribution is 0.222. The Balaban J connectivity index is 1.66. The number of benzene rings is 4. The number of aliphatic hydroxyl groups excluding tert-OH is 1. The van der Waals surface area contributed by atoms with Gasteiger partial charge in [-0.1, -0.05) is 79.7 Å². The largest absolute Gasteiger partial charge is 0.384 e. The van der Waals surface area contributed by atoms with Crippen LogP contribution >= 0.6 is 0 Å². The normalized spacial score (nSPS) is 16.6. The Morgan fingerprint density at radius 1 is 0.867 bits per heavy atom. The fraction of sp³-hybridized carbons (Fsp3) is 0.241. The van der Waals surface area contributed by atoms with Crippen molar-refractivity contribution in [3.05, 3.63) is 107 Å². The molecule has 1 N–H and O–H groups in total. The Morgan fingerprint density at radius 3 is 2.47 bits per heavy atom. The average Bonchev–Trinajstić information content (AvgIpc) is 2.95. The fourth-order valence-electron chi connectivity index (χ4n) is 5.13. The highest BCUT2D eigenvalue weighted by Crippen LogP contribution is 2.41. The summed E-state index contributed by atoms with van der Waals surface area (Å²) in [7, 11) is 0. The maximum Gasteiger partial charge on any atom is 0.105 e. The molecule has 1 heteroatoms. The molecule has 0 bridgehead atoms. The zero-order valence-electron chi connectivity index (χ0n) is 17.7. The first kappa shape index (κ1) is 19.1.